The number of ether oxygens (including phenoxy) is 1. The summed E-state index contributed by atoms with van der Waals surface area (Å²) >= 11 is 10.4. The van der Waals surface area contributed by atoms with Crippen LogP contribution in [-0.2, 0) is 0 Å². The van der Waals surface area contributed by atoms with Gasteiger partial charge in [0.2, 0.25) is 0 Å². The molecule has 0 saturated carbocycles. The fourth-order valence-electron chi connectivity index (χ4n) is 1.96. The Hall–Kier alpha value is -2.38. The second-order valence-electron chi connectivity index (χ2n) is 4.99. The van der Waals surface area contributed by atoms with E-state index in [1.54, 1.807) is 0 Å². The van der Waals surface area contributed by atoms with Gasteiger partial charge in [0, 0.05) is 11.4 Å². The van der Waals surface area contributed by atoms with Crippen LogP contribution in [0.3, 0.4) is 0 Å². The lowest BCUT2D eigenvalue weighted by Crippen LogP contribution is -2.45. The predicted molar refractivity (Wildman–Crippen MR) is 108 cm³/mol. The summed E-state index contributed by atoms with van der Waals surface area (Å²) in [7, 11) is 0. The topological polar surface area (TPSA) is 57.4 Å². The van der Waals surface area contributed by atoms with E-state index in [2.05, 4.69) is 21.5 Å². The minimum Gasteiger partial charge on any atom is -0.494 e. The van der Waals surface area contributed by atoms with E-state index >= 15 is 0 Å². The predicted octanol–water partition coefficient (Wildman–Crippen LogP) is 3.58. The van der Waals surface area contributed by atoms with Crippen molar-refractivity contribution in [2.24, 2.45) is 0 Å². The van der Waals surface area contributed by atoms with Gasteiger partial charge in [-0.25, -0.2) is 0 Å². The van der Waals surface area contributed by atoms with Gasteiger partial charge in [-0.05, 0) is 80.2 Å². The molecule has 0 unspecified atom stereocenters. The molecule has 126 valence electrons. The Labute approximate surface area is 152 Å². The highest BCUT2D eigenvalue weighted by molar-refractivity contribution is 7.81. The van der Waals surface area contributed by atoms with Crippen molar-refractivity contribution in [1.29, 1.82) is 0 Å². The van der Waals surface area contributed by atoms with Crippen molar-refractivity contribution in [3.63, 3.8) is 0 Å². The molecule has 0 bridgehead atoms. The van der Waals surface area contributed by atoms with Crippen molar-refractivity contribution in [1.82, 2.24) is 10.9 Å². The van der Waals surface area contributed by atoms with Crippen LogP contribution in [0.1, 0.15) is 12.5 Å². The summed E-state index contributed by atoms with van der Waals surface area (Å²) in [6.45, 7) is 4.61. The number of rotatable bonds is 4. The first kappa shape index (κ1) is 18.0. The van der Waals surface area contributed by atoms with E-state index in [-0.39, 0.29) is 0 Å². The zero-order valence-corrected chi connectivity index (χ0v) is 15.2. The van der Waals surface area contributed by atoms with Crippen LogP contribution < -0.4 is 26.2 Å². The number of thiocarbonyl (C=S) groups is 2. The smallest absolute Gasteiger partial charge is 0.189 e. The highest BCUT2D eigenvalue weighted by Gasteiger charge is 2.01. The molecule has 0 aromatic heterocycles. The third-order valence-electron chi connectivity index (χ3n) is 2.99. The molecule has 0 aliphatic heterocycles. The van der Waals surface area contributed by atoms with Gasteiger partial charge in [-0.2, -0.15) is 0 Å². The highest BCUT2D eigenvalue weighted by Crippen LogP contribution is 2.15. The average molecular weight is 361 g/mol. The maximum atomic E-state index is 5.40. The molecule has 4 N–H and O–H groups in total. The molecule has 0 amide bonds. The molecule has 0 spiro atoms. The molecule has 7 heteroatoms. The second kappa shape index (κ2) is 9.05. The second-order valence-corrected chi connectivity index (χ2v) is 5.80. The first-order chi connectivity index (χ1) is 11.6. The van der Waals surface area contributed by atoms with Gasteiger partial charge in [-0.15, -0.1) is 0 Å². The lowest BCUT2D eigenvalue weighted by molar-refractivity contribution is 0.340. The van der Waals surface area contributed by atoms with E-state index < -0.39 is 0 Å². The molecular formula is C17H20N4OS2. The van der Waals surface area contributed by atoms with Crippen LogP contribution in [0.4, 0.5) is 11.4 Å². The molecule has 0 aliphatic carbocycles. The third kappa shape index (κ3) is 6.02. The van der Waals surface area contributed by atoms with Gasteiger partial charge < -0.3 is 15.4 Å². The first-order valence-corrected chi connectivity index (χ1v) is 8.32. The molecule has 2 rings (SSSR count). The number of benzene rings is 2. The molecule has 2 aromatic rings. The maximum absolute atomic E-state index is 5.40. The zero-order chi connectivity index (χ0) is 17.4. The lowest BCUT2D eigenvalue weighted by Gasteiger charge is -2.14. The number of anilines is 2. The van der Waals surface area contributed by atoms with Crippen molar-refractivity contribution >= 4 is 46.0 Å². The monoisotopic (exact) mass is 360 g/mol. The van der Waals surface area contributed by atoms with E-state index in [1.165, 1.54) is 0 Å². The fraction of sp³-hybridized carbons (Fsp3) is 0.176. The summed E-state index contributed by atoms with van der Waals surface area (Å²) in [5.41, 5.74) is 8.61. The van der Waals surface area contributed by atoms with Crippen molar-refractivity contribution < 1.29 is 4.74 Å². The molecule has 2 aromatic carbocycles. The van der Waals surface area contributed by atoms with E-state index in [1.807, 2.05) is 62.4 Å². The van der Waals surface area contributed by atoms with Crippen molar-refractivity contribution in [2.45, 2.75) is 13.8 Å². The summed E-state index contributed by atoms with van der Waals surface area (Å²) < 4.78 is 5.40. The van der Waals surface area contributed by atoms with Gasteiger partial charge in [0.05, 0.1) is 6.61 Å². The Morgan fingerprint density at radius 3 is 2.12 bits per heavy atom. The molecule has 0 heterocycles. The molecule has 0 aliphatic rings. The van der Waals surface area contributed by atoms with Gasteiger partial charge in [-0.3, -0.25) is 10.9 Å². The van der Waals surface area contributed by atoms with Crippen LogP contribution in [-0.4, -0.2) is 16.8 Å². The van der Waals surface area contributed by atoms with Gasteiger partial charge in [0.25, 0.3) is 0 Å². The maximum Gasteiger partial charge on any atom is 0.189 e. The van der Waals surface area contributed by atoms with Crippen molar-refractivity contribution in [3.8, 4) is 5.75 Å². The molecule has 24 heavy (non-hydrogen) atoms. The van der Waals surface area contributed by atoms with Crippen LogP contribution in [0.2, 0.25) is 0 Å². The van der Waals surface area contributed by atoms with E-state index in [4.69, 9.17) is 29.2 Å². The lowest BCUT2D eigenvalue weighted by atomic mass is 10.2. The first-order valence-electron chi connectivity index (χ1n) is 7.50. The van der Waals surface area contributed by atoms with Gasteiger partial charge in [0.1, 0.15) is 5.75 Å². The van der Waals surface area contributed by atoms with Crippen molar-refractivity contribution in [3.05, 3.63) is 54.1 Å². The molecule has 0 radical (unpaired) electrons. The molecule has 5 nitrogen and oxygen atoms in total. The van der Waals surface area contributed by atoms with Crippen LogP contribution in [0, 0.1) is 6.92 Å². The molecule has 0 atom stereocenters. The van der Waals surface area contributed by atoms with E-state index in [0.29, 0.717) is 16.8 Å². The number of nitrogens with one attached hydrogen (secondary N) is 4. The van der Waals surface area contributed by atoms with Crippen LogP contribution in [0.25, 0.3) is 0 Å². The van der Waals surface area contributed by atoms with Gasteiger partial charge >= 0.3 is 0 Å². The Balaban J connectivity index is 1.77. The van der Waals surface area contributed by atoms with E-state index in [0.717, 1.165) is 22.7 Å². The number of aryl methyl sites for hydroxylation is 1. The number of hydrazine groups is 1. The molecule has 0 fully saturated rings. The Morgan fingerprint density at radius 2 is 1.54 bits per heavy atom. The summed E-state index contributed by atoms with van der Waals surface area (Å²) in [6, 6.07) is 15.5. The van der Waals surface area contributed by atoms with E-state index in [9.17, 15) is 0 Å². The molecular weight excluding hydrogens is 340 g/mol. The summed E-state index contributed by atoms with van der Waals surface area (Å²) in [4.78, 5) is 0. The van der Waals surface area contributed by atoms with Crippen molar-refractivity contribution in [2.75, 3.05) is 17.2 Å². The van der Waals surface area contributed by atoms with Crippen LogP contribution in [0.15, 0.2) is 48.5 Å². The van der Waals surface area contributed by atoms with Gasteiger partial charge in [-0.1, -0.05) is 12.1 Å². The minimum atomic E-state index is 0.410. The fourth-order valence-corrected chi connectivity index (χ4v) is 2.30. The number of hydrogen-bond donors (Lipinski definition) is 4. The summed E-state index contributed by atoms with van der Waals surface area (Å²) in [6.07, 6.45) is 0. The number of hydrogen-bond acceptors (Lipinski definition) is 3. The van der Waals surface area contributed by atoms with Crippen LogP contribution in [0.5, 0.6) is 5.75 Å². The Morgan fingerprint density at radius 1 is 0.917 bits per heavy atom. The minimum absolute atomic E-state index is 0.410. The zero-order valence-electron chi connectivity index (χ0n) is 13.6. The SMILES string of the molecule is CCOc1ccc(NC(=S)NNC(=S)Nc2cccc(C)c2)cc1. The highest BCUT2D eigenvalue weighted by atomic mass is 32.1. The third-order valence-corrected chi connectivity index (χ3v) is 3.40. The quantitative estimate of drug-likeness (QED) is 0.491. The Bertz CT molecular complexity index is 704. The van der Waals surface area contributed by atoms with Gasteiger partial charge in [0.15, 0.2) is 10.2 Å². The molecule has 0 saturated heterocycles. The Kier molecular flexibility index (Phi) is 6.77. The largest absolute Gasteiger partial charge is 0.494 e. The summed E-state index contributed by atoms with van der Waals surface area (Å²) in [5, 5.41) is 6.97. The van der Waals surface area contributed by atoms with Crippen LogP contribution >= 0.6 is 24.4 Å². The standard InChI is InChI=1S/C17H20N4OS2/c1-3-22-15-9-7-13(8-10-15)18-16(23)20-21-17(24)19-14-6-4-5-12(2)11-14/h4-11H,3H2,1-2H3,(H2,18,20,23)(H2,19,21,24). The average Bonchev–Trinajstić information content (AvgIpc) is 2.55. The summed E-state index contributed by atoms with van der Waals surface area (Å²) in [5.74, 6) is 0.823. The normalized spacial score (nSPS) is 9.75.